The molecule has 0 saturated heterocycles. The van der Waals surface area contributed by atoms with Crippen LogP contribution in [0.5, 0.6) is 0 Å². The Morgan fingerprint density at radius 1 is 1.24 bits per heavy atom. The largest absolute Gasteiger partial charge is 0.299 e. The molecule has 0 aliphatic heterocycles. The number of carbonyl (C=O) groups is 1. The molecule has 1 aromatic carbocycles. The van der Waals surface area contributed by atoms with Gasteiger partial charge in [-0.05, 0) is 36.8 Å². The Morgan fingerprint density at radius 2 is 1.95 bits per heavy atom. The summed E-state index contributed by atoms with van der Waals surface area (Å²) in [5.41, 5.74) is 1.34. The highest BCUT2D eigenvalue weighted by molar-refractivity contribution is 5.82. The highest BCUT2D eigenvalue weighted by Crippen LogP contribution is 2.32. The molecule has 2 heteroatoms. The Kier molecular flexibility index (Phi) is 5.98. The van der Waals surface area contributed by atoms with Gasteiger partial charge in [0.1, 0.15) is 5.78 Å². The Hall–Kier alpha value is -1.15. The van der Waals surface area contributed by atoms with Gasteiger partial charge in [0.05, 0.1) is 0 Å². The SMILES string of the molecule is CCN(Cc1ccccc1)CC1CC(C(C)C)CCC1=O. The average Bonchev–Trinajstić information content (AvgIpc) is 2.49. The van der Waals surface area contributed by atoms with E-state index >= 15 is 0 Å². The van der Waals surface area contributed by atoms with Gasteiger partial charge in [-0.3, -0.25) is 9.69 Å². The summed E-state index contributed by atoms with van der Waals surface area (Å²) in [5, 5.41) is 0. The second kappa shape index (κ2) is 7.74. The summed E-state index contributed by atoms with van der Waals surface area (Å²) in [7, 11) is 0. The molecule has 0 aromatic heterocycles. The van der Waals surface area contributed by atoms with Crippen LogP contribution in [0.4, 0.5) is 0 Å². The zero-order valence-corrected chi connectivity index (χ0v) is 13.7. The molecule has 2 atom stereocenters. The second-order valence-electron chi connectivity index (χ2n) is 6.76. The molecule has 1 saturated carbocycles. The molecule has 0 bridgehead atoms. The van der Waals surface area contributed by atoms with Crippen molar-refractivity contribution in [3.8, 4) is 0 Å². The highest BCUT2D eigenvalue weighted by Gasteiger charge is 2.31. The molecular formula is C19H29NO. The molecule has 1 aliphatic rings. The molecule has 2 nitrogen and oxygen atoms in total. The van der Waals surface area contributed by atoms with Gasteiger partial charge in [0, 0.05) is 25.4 Å². The third-order valence-corrected chi connectivity index (χ3v) is 4.92. The van der Waals surface area contributed by atoms with Crippen LogP contribution in [0.3, 0.4) is 0 Å². The summed E-state index contributed by atoms with van der Waals surface area (Å²) in [6, 6.07) is 10.6. The zero-order chi connectivity index (χ0) is 15.2. The molecule has 2 rings (SSSR count). The van der Waals surface area contributed by atoms with Crippen molar-refractivity contribution < 1.29 is 4.79 Å². The van der Waals surface area contributed by atoms with Gasteiger partial charge in [0.15, 0.2) is 0 Å². The highest BCUT2D eigenvalue weighted by atomic mass is 16.1. The summed E-state index contributed by atoms with van der Waals surface area (Å²) < 4.78 is 0. The molecule has 21 heavy (non-hydrogen) atoms. The third kappa shape index (κ3) is 4.67. The van der Waals surface area contributed by atoms with Crippen molar-refractivity contribution in [2.24, 2.45) is 17.8 Å². The van der Waals surface area contributed by atoms with Crippen molar-refractivity contribution in [1.29, 1.82) is 0 Å². The van der Waals surface area contributed by atoms with Gasteiger partial charge in [-0.25, -0.2) is 0 Å². The van der Waals surface area contributed by atoms with Gasteiger partial charge in [-0.15, -0.1) is 0 Å². The van der Waals surface area contributed by atoms with E-state index in [1.165, 1.54) is 5.56 Å². The molecule has 116 valence electrons. The van der Waals surface area contributed by atoms with E-state index in [1.54, 1.807) is 0 Å². The number of nitrogens with zero attached hydrogens (tertiary/aromatic N) is 1. The van der Waals surface area contributed by atoms with Crippen molar-refractivity contribution >= 4 is 5.78 Å². The molecule has 0 heterocycles. The quantitative estimate of drug-likeness (QED) is 0.783. The topological polar surface area (TPSA) is 20.3 Å². The fourth-order valence-corrected chi connectivity index (χ4v) is 3.39. The van der Waals surface area contributed by atoms with Gasteiger partial charge in [-0.2, -0.15) is 0 Å². The normalized spacial score (nSPS) is 23.0. The molecule has 0 radical (unpaired) electrons. The number of hydrogen-bond donors (Lipinski definition) is 0. The van der Waals surface area contributed by atoms with E-state index in [1.807, 2.05) is 0 Å². The Morgan fingerprint density at radius 3 is 2.57 bits per heavy atom. The summed E-state index contributed by atoms with van der Waals surface area (Å²) in [5.74, 6) is 2.15. The fourth-order valence-electron chi connectivity index (χ4n) is 3.39. The fraction of sp³-hybridized carbons (Fsp3) is 0.632. The molecule has 0 N–H and O–H groups in total. The van der Waals surface area contributed by atoms with Crippen molar-refractivity contribution in [2.45, 2.75) is 46.6 Å². The smallest absolute Gasteiger partial charge is 0.137 e. The van der Waals surface area contributed by atoms with Crippen LogP contribution in [-0.2, 0) is 11.3 Å². The third-order valence-electron chi connectivity index (χ3n) is 4.92. The number of rotatable bonds is 6. The van der Waals surface area contributed by atoms with E-state index in [4.69, 9.17) is 0 Å². The molecule has 1 fully saturated rings. The van der Waals surface area contributed by atoms with E-state index in [0.29, 0.717) is 11.7 Å². The van der Waals surface area contributed by atoms with Gasteiger partial charge in [0.25, 0.3) is 0 Å². The lowest BCUT2D eigenvalue weighted by Crippen LogP contribution is -2.37. The standard InChI is InChI=1S/C19H29NO/c1-4-20(13-16-8-6-5-7-9-16)14-18-12-17(15(2)3)10-11-19(18)21/h5-9,15,17-18H,4,10-14H2,1-3H3. The first-order chi connectivity index (χ1) is 10.1. The lowest BCUT2D eigenvalue weighted by molar-refractivity contribution is -0.126. The lowest BCUT2D eigenvalue weighted by atomic mass is 9.75. The predicted molar refractivity (Wildman–Crippen MR) is 88.1 cm³/mol. The minimum Gasteiger partial charge on any atom is -0.299 e. The molecule has 1 aliphatic carbocycles. The first-order valence-corrected chi connectivity index (χ1v) is 8.39. The Bertz CT molecular complexity index is 440. The van der Waals surface area contributed by atoms with Crippen LogP contribution >= 0.6 is 0 Å². The van der Waals surface area contributed by atoms with Crippen molar-refractivity contribution in [3.05, 3.63) is 35.9 Å². The monoisotopic (exact) mass is 287 g/mol. The summed E-state index contributed by atoms with van der Waals surface area (Å²) in [6.07, 6.45) is 2.97. The van der Waals surface area contributed by atoms with E-state index in [-0.39, 0.29) is 5.92 Å². The van der Waals surface area contributed by atoms with E-state index in [0.717, 1.165) is 44.8 Å². The minimum atomic E-state index is 0.245. The van der Waals surface area contributed by atoms with Crippen LogP contribution in [0.2, 0.25) is 0 Å². The van der Waals surface area contributed by atoms with E-state index in [9.17, 15) is 4.79 Å². The maximum Gasteiger partial charge on any atom is 0.137 e. The summed E-state index contributed by atoms with van der Waals surface area (Å²) >= 11 is 0. The number of hydrogen-bond acceptors (Lipinski definition) is 2. The number of Topliss-reactive ketones (excluding diaryl/α,β-unsaturated/α-hetero) is 1. The molecule has 1 aromatic rings. The van der Waals surface area contributed by atoms with Crippen LogP contribution in [-0.4, -0.2) is 23.8 Å². The van der Waals surface area contributed by atoms with Crippen LogP contribution in [0.25, 0.3) is 0 Å². The van der Waals surface area contributed by atoms with Crippen molar-refractivity contribution in [1.82, 2.24) is 4.90 Å². The predicted octanol–water partition coefficient (Wildman–Crippen LogP) is 4.15. The van der Waals surface area contributed by atoms with E-state index in [2.05, 4.69) is 56.0 Å². The molecular weight excluding hydrogens is 258 g/mol. The molecule has 0 amide bonds. The van der Waals surface area contributed by atoms with Gasteiger partial charge >= 0.3 is 0 Å². The Balaban J connectivity index is 1.95. The first-order valence-electron chi connectivity index (χ1n) is 8.39. The summed E-state index contributed by atoms with van der Waals surface area (Å²) in [4.78, 5) is 14.7. The minimum absolute atomic E-state index is 0.245. The maximum atomic E-state index is 12.2. The Labute approximate surface area is 129 Å². The maximum absolute atomic E-state index is 12.2. The van der Waals surface area contributed by atoms with Gasteiger partial charge in [0.2, 0.25) is 0 Å². The van der Waals surface area contributed by atoms with Crippen LogP contribution in [0.1, 0.15) is 45.6 Å². The van der Waals surface area contributed by atoms with Crippen LogP contribution < -0.4 is 0 Å². The summed E-state index contributed by atoms with van der Waals surface area (Å²) in [6.45, 7) is 9.65. The molecule has 2 unspecified atom stereocenters. The van der Waals surface area contributed by atoms with Crippen molar-refractivity contribution in [3.63, 3.8) is 0 Å². The zero-order valence-electron chi connectivity index (χ0n) is 13.7. The average molecular weight is 287 g/mol. The van der Waals surface area contributed by atoms with Crippen LogP contribution in [0.15, 0.2) is 30.3 Å². The van der Waals surface area contributed by atoms with E-state index < -0.39 is 0 Å². The molecule has 0 spiro atoms. The van der Waals surface area contributed by atoms with Crippen molar-refractivity contribution in [2.75, 3.05) is 13.1 Å². The second-order valence-corrected chi connectivity index (χ2v) is 6.76. The lowest BCUT2D eigenvalue weighted by Gasteiger charge is -2.33. The van der Waals surface area contributed by atoms with Crippen LogP contribution in [0, 0.1) is 17.8 Å². The number of carbonyl (C=O) groups excluding carboxylic acids is 1. The first kappa shape index (κ1) is 16.2. The number of ketones is 1. The van der Waals surface area contributed by atoms with Gasteiger partial charge in [-0.1, -0.05) is 51.1 Å². The van der Waals surface area contributed by atoms with Gasteiger partial charge < -0.3 is 0 Å². The number of benzene rings is 1.